The minimum Gasteiger partial charge on any atom is -0.465 e. The van der Waals surface area contributed by atoms with Crippen molar-refractivity contribution in [2.24, 2.45) is 10.9 Å². The van der Waals surface area contributed by atoms with E-state index in [0.29, 0.717) is 36.3 Å². The summed E-state index contributed by atoms with van der Waals surface area (Å²) >= 11 is 0. The highest BCUT2D eigenvalue weighted by molar-refractivity contribution is 6.08. The zero-order valence-electron chi connectivity index (χ0n) is 16.9. The van der Waals surface area contributed by atoms with Crippen LogP contribution in [0.2, 0.25) is 0 Å². The van der Waals surface area contributed by atoms with Crippen LogP contribution in [0.1, 0.15) is 48.0 Å². The average Bonchev–Trinajstić information content (AvgIpc) is 2.72. The van der Waals surface area contributed by atoms with Gasteiger partial charge in [0.2, 0.25) is 0 Å². The van der Waals surface area contributed by atoms with Crippen LogP contribution in [0.25, 0.3) is 0 Å². The lowest BCUT2D eigenvalue weighted by atomic mass is 9.71. The van der Waals surface area contributed by atoms with E-state index in [2.05, 4.69) is 4.99 Å². The Balaban J connectivity index is 2.02. The Labute approximate surface area is 169 Å². The summed E-state index contributed by atoms with van der Waals surface area (Å²) in [5.74, 6) is -2.05. The van der Waals surface area contributed by atoms with Crippen LogP contribution in [-0.2, 0) is 23.8 Å². The maximum Gasteiger partial charge on any atom is 0.337 e. The molecule has 2 atom stereocenters. The van der Waals surface area contributed by atoms with Crippen molar-refractivity contribution < 1.29 is 28.6 Å². The van der Waals surface area contributed by atoms with Crippen molar-refractivity contribution in [1.29, 1.82) is 0 Å². The quantitative estimate of drug-likeness (QED) is 0.540. The molecule has 0 bridgehead atoms. The number of carbonyl (C=O) groups excluding carboxylic acids is 3. The Morgan fingerprint density at radius 1 is 1.10 bits per heavy atom. The van der Waals surface area contributed by atoms with Crippen molar-refractivity contribution in [2.75, 3.05) is 27.4 Å². The van der Waals surface area contributed by atoms with E-state index >= 15 is 0 Å². The molecule has 0 fully saturated rings. The number of esters is 2. The van der Waals surface area contributed by atoms with Gasteiger partial charge in [-0.05, 0) is 37.5 Å². The smallest absolute Gasteiger partial charge is 0.337 e. The normalized spacial score (nSPS) is 21.3. The molecule has 7 nitrogen and oxygen atoms in total. The highest BCUT2D eigenvalue weighted by Gasteiger charge is 2.43. The second kappa shape index (κ2) is 9.13. The molecule has 29 heavy (non-hydrogen) atoms. The highest BCUT2D eigenvalue weighted by Crippen LogP contribution is 2.43. The first-order chi connectivity index (χ1) is 14.0. The fourth-order valence-corrected chi connectivity index (χ4v) is 3.93. The monoisotopic (exact) mass is 399 g/mol. The lowest BCUT2D eigenvalue weighted by Crippen LogP contribution is -2.37. The fraction of sp³-hybridized carbons (Fsp3) is 0.455. The van der Waals surface area contributed by atoms with Crippen molar-refractivity contribution in [3.8, 4) is 0 Å². The molecule has 0 spiro atoms. The average molecular weight is 399 g/mol. The zero-order valence-corrected chi connectivity index (χ0v) is 16.9. The van der Waals surface area contributed by atoms with Crippen LogP contribution in [-0.4, -0.2) is 50.9 Å². The molecule has 0 amide bonds. The molecule has 3 rings (SSSR count). The fourth-order valence-electron chi connectivity index (χ4n) is 3.93. The minimum absolute atomic E-state index is 0.0132. The van der Waals surface area contributed by atoms with Gasteiger partial charge in [-0.2, -0.15) is 0 Å². The van der Waals surface area contributed by atoms with E-state index in [1.54, 1.807) is 31.2 Å². The summed E-state index contributed by atoms with van der Waals surface area (Å²) < 4.78 is 15.1. The van der Waals surface area contributed by atoms with Gasteiger partial charge in [-0.15, -0.1) is 0 Å². The molecule has 1 aliphatic heterocycles. The number of Topliss-reactive ketones (excluding diaryl/α,β-unsaturated/α-hetero) is 1. The van der Waals surface area contributed by atoms with Gasteiger partial charge in [0.25, 0.3) is 0 Å². The van der Waals surface area contributed by atoms with Gasteiger partial charge in [0, 0.05) is 36.4 Å². The van der Waals surface area contributed by atoms with Crippen LogP contribution in [0, 0.1) is 5.92 Å². The number of hydrogen-bond donors (Lipinski definition) is 0. The van der Waals surface area contributed by atoms with Crippen molar-refractivity contribution in [1.82, 2.24) is 0 Å². The molecular formula is C22H25NO6. The zero-order chi connectivity index (χ0) is 21.0. The van der Waals surface area contributed by atoms with Gasteiger partial charge in [0.05, 0.1) is 19.3 Å². The van der Waals surface area contributed by atoms with Gasteiger partial charge in [-0.3, -0.25) is 14.6 Å². The van der Waals surface area contributed by atoms with Crippen molar-refractivity contribution in [2.45, 2.75) is 32.1 Å². The first kappa shape index (κ1) is 20.9. The van der Waals surface area contributed by atoms with Gasteiger partial charge in [-0.1, -0.05) is 12.1 Å². The highest BCUT2D eigenvalue weighted by atomic mass is 16.6. The predicted octanol–water partition coefficient (Wildman–Crippen LogP) is 2.84. The maximum atomic E-state index is 12.9. The van der Waals surface area contributed by atoms with Crippen LogP contribution >= 0.6 is 0 Å². The van der Waals surface area contributed by atoms with Gasteiger partial charge < -0.3 is 14.2 Å². The largest absolute Gasteiger partial charge is 0.465 e. The number of ketones is 1. The van der Waals surface area contributed by atoms with Gasteiger partial charge in [-0.25, -0.2) is 4.79 Å². The second-order valence-corrected chi connectivity index (χ2v) is 7.12. The lowest BCUT2D eigenvalue weighted by Gasteiger charge is -2.34. The number of aliphatic imine (C=N–C) groups is 1. The summed E-state index contributed by atoms with van der Waals surface area (Å²) in [5.41, 5.74) is 3.13. The Morgan fingerprint density at radius 2 is 1.83 bits per heavy atom. The molecule has 1 aliphatic carbocycles. The number of nitrogens with zero attached hydrogens (tertiary/aromatic N) is 1. The van der Waals surface area contributed by atoms with Gasteiger partial charge in [0.15, 0.2) is 5.78 Å². The Morgan fingerprint density at radius 3 is 2.48 bits per heavy atom. The molecule has 1 aromatic rings. The third kappa shape index (κ3) is 4.29. The Kier molecular flexibility index (Phi) is 6.59. The molecule has 7 heteroatoms. The Bertz CT molecular complexity index is 868. The van der Waals surface area contributed by atoms with E-state index < -0.39 is 23.8 Å². The first-order valence-corrected chi connectivity index (χ1v) is 9.63. The third-order valence-electron chi connectivity index (χ3n) is 5.31. The number of allylic oxidation sites excluding steroid dienone is 2. The second-order valence-electron chi connectivity index (χ2n) is 7.12. The first-order valence-electron chi connectivity index (χ1n) is 9.63. The molecule has 0 aromatic heterocycles. The van der Waals surface area contributed by atoms with Crippen LogP contribution < -0.4 is 0 Å². The van der Waals surface area contributed by atoms with E-state index in [-0.39, 0.29) is 12.4 Å². The summed E-state index contributed by atoms with van der Waals surface area (Å²) in [6.45, 7) is 2.22. The minimum atomic E-state index is -0.698. The van der Waals surface area contributed by atoms with Crippen LogP contribution in [0.5, 0.6) is 0 Å². The van der Waals surface area contributed by atoms with E-state index in [1.807, 2.05) is 0 Å². The van der Waals surface area contributed by atoms with Crippen molar-refractivity contribution in [3.05, 3.63) is 46.7 Å². The number of carbonyl (C=O) groups is 3. The third-order valence-corrected chi connectivity index (χ3v) is 5.31. The van der Waals surface area contributed by atoms with Gasteiger partial charge in [0.1, 0.15) is 12.5 Å². The van der Waals surface area contributed by atoms with E-state index in [9.17, 15) is 14.4 Å². The molecule has 0 saturated carbocycles. The summed E-state index contributed by atoms with van der Waals surface area (Å²) in [6.07, 6.45) is 1.90. The van der Waals surface area contributed by atoms with Crippen molar-refractivity contribution >= 4 is 23.4 Å². The standard InChI is InChI=1S/C22H25NO6/c1-13-18(22(26)29-12-11-27-2)19(20-16(23-13)5-4-6-17(20)24)14-7-9-15(10-8-14)21(25)28-3/h7-10,18-19H,4-6,11-12H2,1-3H3/t18?,19-/m1/s1. The van der Waals surface area contributed by atoms with E-state index in [0.717, 1.165) is 17.7 Å². The number of benzene rings is 1. The number of rotatable bonds is 6. The number of methoxy groups -OCH3 is 2. The van der Waals surface area contributed by atoms with Crippen LogP contribution in [0.15, 0.2) is 40.5 Å². The molecule has 0 radical (unpaired) electrons. The molecule has 1 aromatic carbocycles. The lowest BCUT2D eigenvalue weighted by molar-refractivity contribution is -0.147. The summed E-state index contributed by atoms with van der Waals surface area (Å²) in [5, 5.41) is 0. The maximum absolute atomic E-state index is 12.9. The van der Waals surface area contributed by atoms with Crippen molar-refractivity contribution in [3.63, 3.8) is 0 Å². The summed E-state index contributed by atoms with van der Waals surface area (Å²) in [4.78, 5) is 42.0. The molecule has 0 N–H and O–H groups in total. The molecule has 1 unspecified atom stereocenters. The molecule has 2 aliphatic rings. The van der Waals surface area contributed by atoms with Crippen LogP contribution in [0.4, 0.5) is 0 Å². The van der Waals surface area contributed by atoms with E-state index in [1.165, 1.54) is 14.2 Å². The van der Waals surface area contributed by atoms with E-state index in [4.69, 9.17) is 14.2 Å². The van der Waals surface area contributed by atoms with Gasteiger partial charge >= 0.3 is 11.9 Å². The topological polar surface area (TPSA) is 91.3 Å². The summed E-state index contributed by atoms with van der Waals surface area (Å²) in [7, 11) is 2.85. The number of ether oxygens (including phenoxy) is 3. The SMILES string of the molecule is COCCOC(=O)C1C(C)=NC2=C(C(=O)CCC2)[C@@H]1c1ccc(C(=O)OC)cc1. The number of hydrogen-bond acceptors (Lipinski definition) is 7. The summed E-state index contributed by atoms with van der Waals surface area (Å²) in [6, 6.07) is 6.81. The molecular weight excluding hydrogens is 374 g/mol. The molecule has 154 valence electrons. The molecule has 0 saturated heterocycles. The predicted molar refractivity (Wildman–Crippen MR) is 106 cm³/mol. The van der Waals surface area contributed by atoms with Crippen LogP contribution in [0.3, 0.4) is 0 Å². The Hall–Kier alpha value is -2.80. The molecule has 1 heterocycles.